The summed E-state index contributed by atoms with van der Waals surface area (Å²) in [7, 11) is -2.24. The molecule has 0 aliphatic carbocycles. The topological polar surface area (TPSA) is 75.7 Å². The smallest absolute Gasteiger partial charge is 0.243 e. The first-order valence-corrected chi connectivity index (χ1v) is 9.32. The second-order valence-electron chi connectivity index (χ2n) is 5.48. The van der Waals surface area contributed by atoms with Crippen molar-refractivity contribution in [2.45, 2.75) is 18.7 Å². The number of ether oxygens (including phenoxy) is 1. The molecule has 6 nitrogen and oxygen atoms in total. The number of benzene rings is 2. The molecule has 0 saturated heterocycles. The van der Waals surface area contributed by atoms with E-state index in [0.717, 1.165) is 4.31 Å². The molecular weight excluding hydrogens is 340 g/mol. The molecule has 0 radical (unpaired) electrons. The Kier molecular flexibility index (Phi) is 6.17. The average molecular weight is 362 g/mol. The standard InChI is InChI=1S/C18H22N2O4S/c1-4-20(13-18(21)19-15-8-6-5-7-9-15)25(22,23)16-10-11-17(24-3)14(2)12-16/h5-12H,4,13H2,1-3H3,(H,19,21). The van der Waals surface area contributed by atoms with Crippen LogP contribution in [0.4, 0.5) is 5.69 Å². The summed E-state index contributed by atoms with van der Waals surface area (Å²) in [4.78, 5) is 12.3. The summed E-state index contributed by atoms with van der Waals surface area (Å²) in [6.07, 6.45) is 0. The molecular formula is C18H22N2O4S. The number of nitrogens with one attached hydrogen (secondary N) is 1. The first-order chi connectivity index (χ1) is 11.9. The molecule has 0 aliphatic rings. The van der Waals surface area contributed by atoms with Gasteiger partial charge in [0.1, 0.15) is 5.75 Å². The summed E-state index contributed by atoms with van der Waals surface area (Å²) in [5.41, 5.74) is 1.34. The fourth-order valence-electron chi connectivity index (χ4n) is 2.41. The van der Waals surface area contributed by atoms with Gasteiger partial charge in [0, 0.05) is 12.2 Å². The minimum atomic E-state index is -3.77. The van der Waals surface area contributed by atoms with Crippen LogP contribution in [0.5, 0.6) is 5.75 Å². The molecule has 0 spiro atoms. The normalized spacial score (nSPS) is 11.4. The van der Waals surface area contributed by atoms with E-state index in [2.05, 4.69) is 5.32 Å². The van der Waals surface area contributed by atoms with Crippen molar-refractivity contribution in [1.82, 2.24) is 4.31 Å². The Morgan fingerprint density at radius 2 is 1.84 bits per heavy atom. The van der Waals surface area contributed by atoms with Crippen LogP contribution in [0.15, 0.2) is 53.4 Å². The summed E-state index contributed by atoms with van der Waals surface area (Å²) in [6.45, 7) is 3.41. The quantitative estimate of drug-likeness (QED) is 0.822. The molecule has 1 N–H and O–H groups in total. The van der Waals surface area contributed by atoms with Crippen molar-refractivity contribution < 1.29 is 17.9 Å². The van der Waals surface area contributed by atoms with Gasteiger partial charge in [-0.2, -0.15) is 4.31 Å². The Hall–Kier alpha value is -2.38. The zero-order valence-electron chi connectivity index (χ0n) is 14.5. The van der Waals surface area contributed by atoms with Crippen LogP contribution in [-0.2, 0) is 14.8 Å². The minimum absolute atomic E-state index is 0.139. The van der Waals surface area contributed by atoms with E-state index in [0.29, 0.717) is 17.0 Å². The van der Waals surface area contributed by atoms with Crippen LogP contribution in [0, 0.1) is 6.92 Å². The number of sulfonamides is 1. The van der Waals surface area contributed by atoms with Crippen LogP contribution in [0.25, 0.3) is 0 Å². The van der Waals surface area contributed by atoms with Gasteiger partial charge in [-0.1, -0.05) is 25.1 Å². The van der Waals surface area contributed by atoms with E-state index in [1.54, 1.807) is 50.2 Å². The minimum Gasteiger partial charge on any atom is -0.496 e. The molecule has 0 aromatic heterocycles. The Bertz CT molecular complexity index is 835. The molecule has 2 aromatic carbocycles. The SMILES string of the molecule is CCN(CC(=O)Nc1ccccc1)S(=O)(=O)c1ccc(OC)c(C)c1. The molecule has 0 atom stereocenters. The number of rotatable bonds is 7. The number of carbonyl (C=O) groups excluding carboxylic acids is 1. The predicted molar refractivity (Wildman–Crippen MR) is 97.2 cm³/mol. The molecule has 2 rings (SSSR count). The van der Waals surface area contributed by atoms with Crippen LogP contribution in [0.3, 0.4) is 0 Å². The lowest BCUT2D eigenvalue weighted by Crippen LogP contribution is -2.37. The Labute approximate surface area is 148 Å². The highest BCUT2D eigenvalue weighted by atomic mass is 32.2. The first-order valence-electron chi connectivity index (χ1n) is 7.88. The van der Waals surface area contributed by atoms with E-state index in [1.165, 1.54) is 13.2 Å². The summed E-state index contributed by atoms with van der Waals surface area (Å²) < 4.78 is 31.9. The fraction of sp³-hybridized carbons (Fsp3) is 0.278. The van der Waals surface area contributed by atoms with E-state index in [-0.39, 0.29) is 23.9 Å². The molecule has 134 valence electrons. The Morgan fingerprint density at radius 3 is 2.40 bits per heavy atom. The van der Waals surface area contributed by atoms with Crippen LogP contribution < -0.4 is 10.1 Å². The number of para-hydroxylation sites is 1. The highest BCUT2D eigenvalue weighted by Gasteiger charge is 2.25. The predicted octanol–water partition coefficient (Wildman–Crippen LogP) is 2.65. The van der Waals surface area contributed by atoms with Gasteiger partial charge >= 0.3 is 0 Å². The van der Waals surface area contributed by atoms with Crippen LogP contribution in [0.1, 0.15) is 12.5 Å². The van der Waals surface area contributed by atoms with Gasteiger partial charge in [-0.15, -0.1) is 0 Å². The third-order valence-corrected chi connectivity index (χ3v) is 5.65. The second kappa shape index (κ2) is 8.13. The van der Waals surface area contributed by atoms with Crippen molar-refractivity contribution >= 4 is 21.6 Å². The lowest BCUT2D eigenvalue weighted by molar-refractivity contribution is -0.116. The molecule has 0 heterocycles. The zero-order valence-corrected chi connectivity index (χ0v) is 15.3. The van der Waals surface area contributed by atoms with Crippen LogP contribution >= 0.6 is 0 Å². The molecule has 0 aliphatic heterocycles. The van der Waals surface area contributed by atoms with Crippen LogP contribution in [0.2, 0.25) is 0 Å². The van der Waals surface area contributed by atoms with Gasteiger partial charge in [0.25, 0.3) is 0 Å². The van der Waals surface area contributed by atoms with Crippen molar-refractivity contribution in [3.05, 3.63) is 54.1 Å². The molecule has 1 amide bonds. The molecule has 0 saturated carbocycles. The van der Waals surface area contributed by atoms with Crippen molar-refractivity contribution in [3.8, 4) is 5.75 Å². The Morgan fingerprint density at radius 1 is 1.16 bits per heavy atom. The van der Waals surface area contributed by atoms with Gasteiger partial charge in [0.15, 0.2) is 0 Å². The molecule has 7 heteroatoms. The second-order valence-corrected chi connectivity index (χ2v) is 7.41. The van der Waals surface area contributed by atoms with Gasteiger partial charge in [0.2, 0.25) is 15.9 Å². The van der Waals surface area contributed by atoms with Crippen molar-refractivity contribution in [1.29, 1.82) is 0 Å². The average Bonchev–Trinajstić information content (AvgIpc) is 2.60. The Balaban J connectivity index is 2.17. The molecule has 0 fully saturated rings. The number of carbonyl (C=O) groups is 1. The maximum atomic E-state index is 12.8. The lowest BCUT2D eigenvalue weighted by Gasteiger charge is -2.20. The highest BCUT2D eigenvalue weighted by Crippen LogP contribution is 2.23. The maximum absolute atomic E-state index is 12.8. The summed E-state index contributed by atoms with van der Waals surface area (Å²) >= 11 is 0. The summed E-state index contributed by atoms with van der Waals surface area (Å²) in [6, 6.07) is 13.6. The van der Waals surface area contributed by atoms with Gasteiger partial charge in [0.05, 0.1) is 18.6 Å². The van der Waals surface area contributed by atoms with Crippen molar-refractivity contribution in [2.24, 2.45) is 0 Å². The van der Waals surface area contributed by atoms with Gasteiger partial charge in [-0.05, 0) is 42.8 Å². The third kappa shape index (κ3) is 4.58. The monoisotopic (exact) mass is 362 g/mol. The maximum Gasteiger partial charge on any atom is 0.243 e. The van der Waals surface area contributed by atoms with Gasteiger partial charge < -0.3 is 10.1 Å². The summed E-state index contributed by atoms with van der Waals surface area (Å²) in [5.74, 6) is 0.227. The highest BCUT2D eigenvalue weighted by molar-refractivity contribution is 7.89. The summed E-state index contributed by atoms with van der Waals surface area (Å²) in [5, 5.41) is 2.69. The molecule has 0 unspecified atom stereocenters. The first kappa shape index (κ1) is 19.0. The zero-order chi connectivity index (χ0) is 18.4. The van der Waals surface area contributed by atoms with E-state index >= 15 is 0 Å². The number of likely N-dealkylation sites (N-methyl/N-ethyl adjacent to an activating group) is 1. The van der Waals surface area contributed by atoms with E-state index in [1.807, 2.05) is 6.07 Å². The van der Waals surface area contributed by atoms with E-state index in [9.17, 15) is 13.2 Å². The number of methoxy groups -OCH3 is 1. The van der Waals surface area contributed by atoms with Crippen molar-refractivity contribution in [3.63, 3.8) is 0 Å². The number of nitrogens with zero attached hydrogens (tertiary/aromatic N) is 1. The van der Waals surface area contributed by atoms with E-state index < -0.39 is 10.0 Å². The largest absolute Gasteiger partial charge is 0.496 e. The fourth-order valence-corrected chi connectivity index (χ4v) is 3.90. The van der Waals surface area contributed by atoms with E-state index in [4.69, 9.17) is 4.74 Å². The number of anilines is 1. The molecule has 25 heavy (non-hydrogen) atoms. The lowest BCUT2D eigenvalue weighted by atomic mass is 10.2. The molecule has 2 aromatic rings. The van der Waals surface area contributed by atoms with Gasteiger partial charge in [-0.3, -0.25) is 4.79 Å². The van der Waals surface area contributed by atoms with Crippen molar-refractivity contribution in [2.75, 3.05) is 25.5 Å². The van der Waals surface area contributed by atoms with Gasteiger partial charge in [-0.25, -0.2) is 8.42 Å². The van der Waals surface area contributed by atoms with Crippen LogP contribution in [-0.4, -0.2) is 38.8 Å². The number of hydrogen-bond acceptors (Lipinski definition) is 4. The number of hydrogen-bond donors (Lipinski definition) is 1. The number of amides is 1. The third-order valence-electron chi connectivity index (χ3n) is 3.73. The number of aryl methyl sites for hydroxylation is 1. The molecule has 0 bridgehead atoms.